The van der Waals surface area contributed by atoms with E-state index in [1.807, 2.05) is 6.07 Å². The summed E-state index contributed by atoms with van der Waals surface area (Å²) in [5, 5.41) is 0. The van der Waals surface area contributed by atoms with Crippen LogP contribution in [0.3, 0.4) is 0 Å². The number of ether oxygens (including phenoxy) is 1. The van der Waals surface area contributed by atoms with E-state index in [2.05, 4.69) is 16.6 Å². The molecule has 2 N–H and O–H groups in total. The summed E-state index contributed by atoms with van der Waals surface area (Å²) in [5.74, 6) is 0.486. The number of piperidine rings is 1. The molecule has 1 saturated heterocycles. The van der Waals surface area contributed by atoms with Crippen LogP contribution in [0.1, 0.15) is 35.7 Å². The van der Waals surface area contributed by atoms with Crippen LogP contribution in [0.25, 0.3) is 0 Å². The van der Waals surface area contributed by atoms with Gasteiger partial charge in [0.25, 0.3) is 0 Å². The van der Waals surface area contributed by atoms with Gasteiger partial charge in [0.1, 0.15) is 0 Å². The van der Waals surface area contributed by atoms with Crippen LogP contribution in [-0.2, 0) is 11.3 Å². The van der Waals surface area contributed by atoms with E-state index in [0.717, 1.165) is 31.1 Å². The maximum Gasteiger partial charge on any atom is 0.337 e. The van der Waals surface area contributed by atoms with Gasteiger partial charge >= 0.3 is 5.97 Å². The van der Waals surface area contributed by atoms with E-state index in [4.69, 9.17) is 5.73 Å². The van der Waals surface area contributed by atoms with E-state index in [9.17, 15) is 4.79 Å². The quantitative estimate of drug-likeness (QED) is 0.670. The highest BCUT2D eigenvalue weighted by molar-refractivity contribution is 5.90. The molecule has 0 aromatic heterocycles. The first kappa shape index (κ1) is 13.9. The van der Waals surface area contributed by atoms with Crippen LogP contribution in [0.2, 0.25) is 0 Å². The van der Waals surface area contributed by atoms with E-state index >= 15 is 0 Å². The highest BCUT2D eigenvalue weighted by Gasteiger charge is 2.17. The normalized spacial score (nSPS) is 17.4. The van der Waals surface area contributed by atoms with Gasteiger partial charge in [-0.05, 0) is 49.5 Å². The van der Waals surface area contributed by atoms with Crippen molar-refractivity contribution in [3.63, 3.8) is 0 Å². The molecule has 4 nitrogen and oxygen atoms in total. The second-order valence-electron chi connectivity index (χ2n) is 5.36. The van der Waals surface area contributed by atoms with E-state index < -0.39 is 0 Å². The Bertz CT molecular complexity index is 451. The molecule has 1 aliphatic heterocycles. The number of esters is 1. The first-order chi connectivity index (χ1) is 9.10. The molecule has 4 heteroatoms. The van der Waals surface area contributed by atoms with Gasteiger partial charge in [0.2, 0.25) is 0 Å². The molecule has 1 heterocycles. The van der Waals surface area contributed by atoms with Crippen molar-refractivity contribution in [3.8, 4) is 0 Å². The van der Waals surface area contributed by atoms with Gasteiger partial charge in [0, 0.05) is 12.2 Å². The highest BCUT2D eigenvalue weighted by Crippen LogP contribution is 2.21. The van der Waals surface area contributed by atoms with Gasteiger partial charge in [-0.15, -0.1) is 0 Å². The molecule has 0 radical (unpaired) electrons. The fraction of sp³-hybridized carbons (Fsp3) is 0.533. The lowest BCUT2D eigenvalue weighted by Gasteiger charge is -2.30. The molecule has 0 aliphatic carbocycles. The molecule has 0 saturated carbocycles. The van der Waals surface area contributed by atoms with E-state index in [1.165, 1.54) is 20.0 Å². The van der Waals surface area contributed by atoms with Gasteiger partial charge in [0.05, 0.1) is 12.7 Å². The average molecular weight is 262 g/mol. The number of carbonyl (C=O) groups is 1. The Hall–Kier alpha value is -1.55. The molecule has 0 spiro atoms. The van der Waals surface area contributed by atoms with Crippen LogP contribution in [0.15, 0.2) is 18.2 Å². The Labute approximate surface area is 114 Å². The Morgan fingerprint density at radius 3 is 2.68 bits per heavy atom. The summed E-state index contributed by atoms with van der Waals surface area (Å²) in [6, 6.07) is 5.41. The third kappa shape index (κ3) is 3.47. The van der Waals surface area contributed by atoms with Crippen molar-refractivity contribution >= 4 is 11.7 Å². The largest absolute Gasteiger partial charge is 0.465 e. The third-order valence-electron chi connectivity index (χ3n) is 3.84. The molecule has 0 unspecified atom stereocenters. The predicted molar refractivity (Wildman–Crippen MR) is 75.9 cm³/mol. The van der Waals surface area contributed by atoms with E-state index in [1.54, 1.807) is 12.1 Å². The predicted octanol–water partition coefficient (Wildman–Crippen LogP) is 2.29. The lowest BCUT2D eigenvalue weighted by atomic mass is 9.98. The molecule has 19 heavy (non-hydrogen) atoms. The van der Waals surface area contributed by atoms with Gasteiger partial charge in [0.15, 0.2) is 0 Å². The zero-order chi connectivity index (χ0) is 13.8. The number of anilines is 1. The van der Waals surface area contributed by atoms with Crippen molar-refractivity contribution in [1.82, 2.24) is 4.90 Å². The number of rotatable bonds is 3. The van der Waals surface area contributed by atoms with Crippen molar-refractivity contribution in [2.45, 2.75) is 26.3 Å². The van der Waals surface area contributed by atoms with Crippen molar-refractivity contribution < 1.29 is 9.53 Å². The van der Waals surface area contributed by atoms with Gasteiger partial charge < -0.3 is 10.5 Å². The molecule has 0 bridgehead atoms. The zero-order valence-electron chi connectivity index (χ0n) is 11.7. The Balaban J connectivity index is 2.03. The number of carbonyl (C=O) groups excluding carboxylic acids is 1. The Morgan fingerprint density at radius 2 is 2.11 bits per heavy atom. The topological polar surface area (TPSA) is 55.6 Å². The number of nitrogens with zero attached hydrogens (tertiary/aromatic N) is 1. The molecule has 1 fully saturated rings. The van der Waals surface area contributed by atoms with Crippen molar-refractivity contribution in [3.05, 3.63) is 29.3 Å². The average Bonchev–Trinajstić information content (AvgIpc) is 2.42. The number of hydrogen-bond acceptors (Lipinski definition) is 4. The molecule has 1 aliphatic rings. The summed E-state index contributed by atoms with van der Waals surface area (Å²) in [5.41, 5.74) is 8.29. The molecule has 0 amide bonds. The van der Waals surface area contributed by atoms with Gasteiger partial charge in [-0.3, -0.25) is 4.90 Å². The Morgan fingerprint density at radius 1 is 1.42 bits per heavy atom. The molecular formula is C15H22N2O2. The first-order valence-electron chi connectivity index (χ1n) is 6.79. The second-order valence-corrected chi connectivity index (χ2v) is 5.36. The molecule has 104 valence electrons. The number of benzene rings is 1. The molecule has 1 aromatic rings. The third-order valence-corrected chi connectivity index (χ3v) is 3.84. The van der Waals surface area contributed by atoms with Crippen LogP contribution in [0.5, 0.6) is 0 Å². The minimum atomic E-state index is -0.343. The van der Waals surface area contributed by atoms with Crippen molar-refractivity contribution in [2.24, 2.45) is 5.92 Å². The number of hydrogen-bond donors (Lipinski definition) is 1. The maximum absolute atomic E-state index is 11.4. The molecular weight excluding hydrogens is 240 g/mol. The molecule has 1 aromatic carbocycles. The van der Waals surface area contributed by atoms with E-state index in [0.29, 0.717) is 11.3 Å². The summed E-state index contributed by atoms with van der Waals surface area (Å²) >= 11 is 0. The van der Waals surface area contributed by atoms with Crippen LogP contribution >= 0.6 is 0 Å². The summed E-state index contributed by atoms with van der Waals surface area (Å²) in [4.78, 5) is 13.8. The lowest BCUT2D eigenvalue weighted by molar-refractivity contribution is 0.0601. The number of nitrogens with two attached hydrogens (primary N) is 1. The first-order valence-corrected chi connectivity index (χ1v) is 6.79. The smallest absolute Gasteiger partial charge is 0.337 e. The highest BCUT2D eigenvalue weighted by atomic mass is 16.5. The lowest BCUT2D eigenvalue weighted by Crippen LogP contribution is -2.32. The SMILES string of the molecule is COC(=O)c1ccc(CN2CCC(C)CC2)c(N)c1. The van der Waals surface area contributed by atoms with Crippen molar-refractivity contribution in [2.75, 3.05) is 25.9 Å². The standard InChI is InChI=1S/C15H22N2O2/c1-11-5-7-17(8-6-11)10-13-4-3-12(9-14(13)16)15(18)19-2/h3-4,9,11H,5-8,10,16H2,1-2H3. The minimum Gasteiger partial charge on any atom is -0.465 e. The summed E-state index contributed by atoms with van der Waals surface area (Å²) in [7, 11) is 1.38. The van der Waals surface area contributed by atoms with Crippen molar-refractivity contribution in [1.29, 1.82) is 0 Å². The second kappa shape index (κ2) is 6.06. The fourth-order valence-corrected chi connectivity index (χ4v) is 2.44. The van der Waals surface area contributed by atoms with Gasteiger partial charge in [-0.1, -0.05) is 13.0 Å². The fourth-order valence-electron chi connectivity index (χ4n) is 2.44. The summed E-state index contributed by atoms with van der Waals surface area (Å²) < 4.78 is 4.69. The van der Waals surface area contributed by atoms with Crippen LogP contribution in [0.4, 0.5) is 5.69 Å². The van der Waals surface area contributed by atoms with E-state index in [-0.39, 0.29) is 5.97 Å². The number of nitrogen functional groups attached to an aromatic ring is 1. The Kier molecular flexibility index (Phi) is 4.43. The van der Waals surface area contributed by atoms with Gasteiger partial charge in [-0.25, -0.2) is 4.79 Å². The van der Waals surface area contributed by atoms with Crippen LogP contribution in [0, 0.1) is 5.92 Å². The van der Waals surface area contributed by atoms with Crippen LogP contribution < -0.4 is 5.73 Å². The zero-order valence-corrected chi connectivity index (χ0v) is 11.7. The minimum absolute atomic E-state index is 0.343. The monoisotopic (exact) mass is 262 g/mol. The summed E-state index contributed by atoms with van der Waals surface area (Å²) in [6.45, 7) is 5.41. The summed E-state index contributed by atoms with van der Waals surface area (Å²) in [6.07, 6.45) is 2.50. The number of methoxy groups -OCH3 is 1. The van der Waals surface area contributed by atoms with Crippen LogP contribution in [-0.4, -0.2) is 31.1 Å². The van der Waals surface area contributed by atoms with Gasteiger partial charge in [-0.2, -0.15) is 0 Å². The maximum atomic E-state index is 11.4. The molecule has 2 rings (SSSR count). The number of likely N-dealkylation sites (tertiary alicyclic amines) is 1. The molecule has 0 atom stereocenters.